The molecule has 0 saturated carbocycles. The molecular weight excluding hydrogens is 398 g/mol. The van der Waals surface area contributed by atoms with Crippen molar-refractivity contribution < 1.29 is 13.9 Å². The van der Waals surface area contributed by atoms with Gasteiger partial charge in [0.05, 0.1) is 30.6 Å². The molecule has 1 fully saturated rings. The third-order valence-corrected chi connectivity index (χ3v) is 6.01. The molecule has 4 rings (SSSR count). The smallest absolute Gasteiger partial charge is 0.226 e. The van der Waals surface area contributed by atoms with Gasteiger partial charge in [0.1, 0.15) is 0 Å². The average molecular weight is 426 g/mol. The second kappa shape index (κ2) is 9.55. The summed E-state index contributed by atoms with van der Waals surface area (Å²) in [5.41, 5.74) is 3.15. The van der Waals surface area contributed by atoms with Gasteiger partial charge in [-0.05, 0) is 37.1 Å². The number of furan rings is 1. The highest BCUT2D eigenvalue weighted by atomic mass is 32.1. The molecule has 6 nitrogen and oxygen atoms in total. The van der Waals surface area contributed by atoms with Gasteiger partial charge in [0.15, 0.2) is 10.8 Å². The zero-order valence-electron chi connectivity index (χ0n) is 17.3. The molecule has 1 N–H and O–H groups in total. The third kappa shape index (κ3) is 5.36. The third-order valence-electron chi connectivity index (χ3n) is 5.11. The molecule has 7 heteroatoms. The molecule has 0 radical (unpaired) electrons. The number of morpholine rings is 1. The minimum Gasteiger partial charge on any atom is -0.462 e. The quantitative estimate of drug-likeness (QED) is 0.622. The fourth-order valence-corrected chi connectivity index (χ4v) is 4.65. The fraction of sp³-hybridized carbons (Fsp3) is 0.391. The summed E-state index contributed by atoms with van der Waals surface area (Å²) in [7, 11) is 0. The topological polar surface area (TPSA) is 67.6 Å². The van der Waals surface area contributed by atoms with E-state index in [1.165, 1.54) is 16.9 Å². The Balaban J connectivity index is 1.33. The van der Waals surface area contributed by atoms with Crippen molar-refractivity contribution in [3.8, 4) is 10.8 Å². The number of hydrogen-bond acceptors (Lipinski definition) is 6. The Kier molecular flexibility index (Phi) is 6.62. The van der Waals surface area contributed by atoms with Gasteiger partial charge < -0.3 is 14.5 Å². The number of ether oxygens (including phenoxy) is 1. The second-order valence-corrected chi connectivity index (χ2v) is 8.65. The molecule has 2 atom stereocenters. The predicted octanol–water partition coefficient (Wildman–Crippen LogP) is 3.87. The number of carbonyl (C=O) groups excluding carboxylic acids is 1. The SMILES string of the molecule is C[C@@H]1CN(Cc2ccccc2CNC(=O)Cc2csc(-c3ccco3)n2)C[C@H](C)O1. The monoisotopic (exact) mass is 425 g/mol. The maximum absolute atomic E-state index is 12.5. The van der Waals surface area contributed by atoms with Crippen LogP contribution in [0.1, 0.15) is 30.7 Å². The van der Waals surface area contributed by atoms with E-state index >= 15 is 0 Å². The number of nitrogens with one attached hydrogen (secondary N) is 1. The number of carbonyl (C=O) groups is 1. The van der Waals surface area contributed by atoms with Crippen LogP contribution < -0.4 is 5.32 Å². The van der Waals surface area contributed by atoms with Gasteiger partial charge in [-0.1, -0.05) is 24.3 Å². The Hall–Kier alpha value is -2.48. The summed E-state index contributed by atoms with van der Waals surface area (Å²) in [6, 6.07) is 12.0. The molecule has 1 aliphatic heterocycles. The lowest BCUT2D eigenvalue weighted by molar-refractivity contribution is -0.120. The Morgan fingerprint density at radius 3 is 2.67 bits per heavy atom. The highest BCUT2D eigenvalue weighted by Crippen LogP contribution is 2.24. The molecule has 1 aromatic carbocycles. The van der Waals surface area contributed by atoms with Gasteiger partial charge >= 0.3 is 0 Å². The Labute approximate surface area is 180 Å². The van der Waals surface area contributed by atoms with Crippen molar-refractivity contribution in [2.75, 3.05) is 13.1 Å². The van der Waals surface area contributed by atoms with Crippen LogP contribution in [0.5, 0.6) is 0 Å². The van der Waals surface area contributed by atoms with Gasteiger partial charge in [-0.2, -0.15) is 0 Å². The van der Waals surface area contributed by atoms with E-state index in [4.69, 9.17) is 9.15 Å². The molecule has 0 spiro atoms. The summed E-state index contributed by atoms with van der Waals surface area (Å²) < 4.78 is 11.2. The van der Waals surface area contributed by atoms with Gasteiger partial charge in [0.2, 0.25) is 5.91 Å². The number of hydrogen-bond donors (Lipinski definition) is 1. The number of amides is 1. The van der Waals surface area contributed by atoms with Crippen molar-refractivity contribution in [3.63, 3.8) is 0 Å². The lowest BCUT2D eigenvalue weighted by Gasteiger charge is -2.35. The first-order chi connectivity index (χ1) is 14.6. The highest BCUT2D eigenvalue weighted by Gasteiger charge is 2.22. The maximum atomic E-state index is 12.5. The van der Waals surface area contributed by atoms with Gasteiger partial charge in [0.25, 0.3) is 0 Å². The minimum atomic E-state index is -0.0327. The largest absolute Gasteiger partial charge is 0.462 e. The van der Waals surface area contributed by atoms with Gasteiger partial charge in [-0.15, -0.1) is 11.3 Å². The van der Waals surface area contributed by atoms with E-state index in [0.717, 1.165) is 41.7 Å². The van der Waals surface area contributed by atoms with Gasteiger partial charge in [-0.25, -0.2) is 4.98 Å². The molecular formula is C23H27N3O3S. The van der Waals surface area contributed by atoms with Crippen molar-refractivity contribution in [1.82, 2.24) is 15.2 Å². The van der Waals surface area contributed by atoms with Crippen LogP contribution in [0.2, 0.25) is 0 Å². The molecule has 0 aliphatic carbocycles. The number of benzene rings is 1. The van der Waals surface area contributed by atoms with Crippen molar-refractivity contribution >= 4 is 17.2 Å². The van der Waals surface area contributed by atoms with Crippen LogP contribution in [0, 0.1) is 0 Å². The molecule has 3 aromatic rings. The normalized spacial score (nSPS) is 19.7. The first-order valence-electron chi connectivity index (χ1n) is 10.3. The van der Waals surface area contributed by atoms with E-state index < -0.39 is 0 Å². The summed E-state index contributed by atoms with van der Waals surface area (Å²) in [5, 5.41) is 5.75. The first kappa shape index (κ1) is 20.8. The molecule has 0 unspecified atom stereocenters. The second-order valence-electron chi connectivity index (χ2n) is 7.79. The van der Waals surface area contributed by atoms with Gasteiger partial charge in [-0.3, -0.25) is 9.69 Å². The van der Waals surface area contributed by atoms with E-state index in [1.807, 2.05) is 23.6 Å². The molecule has 2 aromatic heterocycles. The Bertz CT molecular complexity index is 960. The first-order valence-corrected chi connectivity index (χ1v) is 11.1. The molecule has 158 valence electrons. The molecule has 1 aliphatic rings. The van der Waals surface area contributed by atoms with Crippen molar-refractivity contribution in [2.45, 2.75) is 45.6 Å². The van der Waals surface area contributed by atoms with E-state index in [0.29, 0.717) is 6.54 Å². The zero-order chi connectivity index (χ0) is 20.9. The summed E-state index contributed by atoms with van der Waals surface area (Å²) in [6.07, 6.45) is 2.37. The maximum Gasteiger partial charge on any atom is 0.226 e. The average Bonchev–Trinajstić information content (AvgIpc) is 3.38. The van der Waals surface area contributed by atoms with Gasteiger partial charge in [0, 0.05) is 31.6 Å². The van der Waals surface area contributed by atoms with Crippen molar-refractivity contribution in [3.05, 3.63) is 64.9 Å². The van der Waals surface area contributed by atoms with E-state index in [1.54, 1.807) is 6.26 Å². The van der Waals surface area contributed by atoms with E-state index in [9.17, 15) is 4.79 Å². The number of rotatable bonds is 7. The summed E-state index contributed by atoms with van der Waals surface area (Å²) in [4.78, 5) is 19.4. The van der Waals surface area contributed by atoms with Crippen LogP contribution in [0.25, 0.3) is 10.8 Å². The fourth-order valence-electron chi connectivity index (χ4n) is 3.86. The van der Waals surface area contributed by atoms with Crippen LogP contribution in [-0.2, 0) is 29.0 Å². The highest BCUT2D eigenvalue weighted by molar-refractivity contribution is 7.13. The molecule has 1 saturated heterocycles. The number of nitrogens with zero attached hydrogens (tertiary/aromatic N) is 2. The number of thiazole rings is 1. The number of aromatic nitrogens is 1. The lowest BCUT2D eigenvalue weighted by Crippen LogP contribution is -2.45. The van der Waals surface area contributed by atoms with Crippen LogP contribution in [0.4, 0.5) is 0 Å². The Morgan fingerprint density at radius 2 is 1.93 bits per heavy atom. The summed E-state index contributed by atoms with van der Waals surface area (Å²) in [5.74, 6) is 0.696. The summed E-state index contributed by atoms with van der Waals surface area (Å²) in [6.45, 7) is 7.46. The minimum absolute atomic E-state index is 0.0327. The van der Waals surface area contributed by atoms with Crippen molar-refractivity contribution in [2.24, 2.45) is 0 Å². The van der Waals surface area contributed by atoms with E-state index in [2.05, 4.69) is 47.2 Å². The predicted molar refractivity (Wildman–Crippen MR) is 117 cm³/mol. The molecule has 1 amide bonds. The van der Waals surface area contributed by atoms with E-state index in [-0.39, 0.29) is 24.5 Å². The molecule has 30 heavy (non-hydrogen) atoms. The summed E-state index contributed by atoms with van der Waals surface area (Å²) >= 11 is 1.49. The van der Waals surface area contributed by atoms with Crippen LogP contribution >= 0.6 is 11.3 Å². The van der Waals surface area contributed by atoms with Crippen molar-refractivity contribution in [1.29, 1.82) is 0 Å². The van der Waals surface area contributed by atoms with Crippen LogP contribution in [0.15, 0.2) is 52.5 Å². The van der Waals surface area contributed by atoms with Crippen LogP contribution in [-0.4, -0.2) is 41.1 Å². The Morgan fingerprint density at radius 1 is 1.17 bits per heavy atom. The van der Waals surface area contributed by atoms with Crippen LogP contribution in [0.3, 0.4) is 0 Å². The molecule has 0 bridgehead atoms. The standard InChI is InChI=1S/C23H27N3O3S/c1-16-12-26(13-17(2)29-16)14-19-7-4-3-6-18(19)11-24-22(27)10-20-15-30-23(25-20)21-8-5-9-28-21/h3-9,15-17H,10-14H2,1-2H3,(H,24,27)/t16-,17+. The lowest BCUT2D eigenvalue weighted by atomic mass is 10.1. The molecule has 3 heterocycles. The zero-order valence-corrected chi connectivity index (χ0v) is 18.2.